The third-order valence-electron chi connectivity index (χ3n) is 8.55. The zero-order valence-electron chi connectivity index (χ0n) is 21.4. The standard InChI is InChI=1S/C30H34N2O2S2/c1-17-7-5-6-8-22(17)31-23(33)16-32-28-27(36-29(32)34)24(18-11-13-21(14-12-18)30(2,3)4)25-19-9-10-20(15-19)26(25)35-28/h5-8,11-14,19-20,24-26H,9-10,15-16H2,1-4H3,(H,31,33). The highest BCUT2D eigenvalue weighted by atomic mass is 32.2. The highest BCUT2D eigenvalue weighted by molar-refractivity contribution is 8.00. The van der Waals surface area contributed by atoms with Crippen molar-refractivity contribution in [3.63, 3.8) is 0 Å². The second-order valence-electron chi connectivity index (χ2n) is 11.8. The molecule has 1 aromatic heterocycles. The number of thiazole rings is 1. The first-order valence-corrected chi connectivity index (χ1v) is 14.8. The van der Waals surface area contributed by atoms with E-state index in [1.165, 1.54) is 46.6 Å². The molecule has 0 radical (unpaired) electrons. The van der Waals surface area contributed by atoms with Crippen LogP contribution < -0.4 is 10.2 Å². The van der Waals surface area contributed by atoms with Crippen LogP contribution in [-0.4, -0.2) is 15.7 Å². The Balaban J connectivity index is 1.37. The van der Waals surface area contributed by atoms with Crippen LogP contribution >= 0.6 is 23.1 Å². The molecule has 1 aliphatic heterocycles. The number of thioether (sulfide) groups is 1. The number of hydrogen-bond donors (Lipinski definition) is 1. The van der Waals surface area contributed by atoms with Crippen molar-refractivity contribution in [1.29, 1.82) is 0 Å². The second-order valence-corrected chi connectivity index (χ2v) is 14.0. The fourth-order valence-electron chi connectivity index (χ4n) is 6.70. The molecule has 2 heterocycles. The van der Waals surface area contributed by atoms with E-state index in [1.54, 1.807) is 4.57 Å². The second kappa shape index (κ2) is 8.91. The highest BCUT2D eigenvalue weighted by Gasteiger charge is 2.55. The summed E-state index contributed by atoms with van der Waals surface area (Å²) >= 11 is 3.25. The number of carbonyl (C=O) groups excluding carboxylic acids is 1. The van der Waals surface area contributed by atoms with Crippen LogP contribution in [0, 0.1) is 24.7 Å². The van der Waals surface area contributed by atoms with E-state index in [-0.39, 0.29) is 28.7 Å². The summed E-state index contributed by atoms with van der Waals surface area (Å²) in [6, 6.07) is 16.9. The molecule has 2 saturated carbocycles. The van der Waals surface area contributed by atoms with Crippen LogP contribution in [0.1, 0.15) is 67.5 Å². The number of nitrogens with one attached hydrogen (secondary N) is 1. The van der Waals surface area contributed by atoms with Gasteiger partial charge in [0.1, 0.15) is 6.54 Å². The Hall–Kier alpha value is -2.31. The average molecular weight is 519 g/mol. The maximum Gasteiger partial charge on any atom is 0.308 e. The fraction of sp³-hybridized carbons (Fsp3) is 0.467. The first-order chi connectivity index (χ1) is 17.2. The SMILES string of the molecule is Cc1ccccc1NC(=O)Cn1c2c(sc1=O)C(c1ccc(C(C)(C)C)cc1)C1C3CCC(C3)C1S2. The quantitative estimate of drug-likeness (QED) is 0.413. The molecule has 5 unspecified atom stereocenters. The largest absolute Gasteiger partial charge is 0.324 e. The Labute approximate surface area is 221 Å². The van der Waals surface area contributed by atoms with Gasteiger partial charge >= 0.3 is 4.87 Å². The number of fused-ring (bicyclic) bond motifs is 6. The first kappa shape index (κ1) is 24.1. The average Bonchev–Trinajstić information content (AvgIpc) is 3.53. The molecule has 2 aliphatic carbocycles. The van der Waals surface area contributed by atoms with Crippen LogP contribution in [0.2, 0.25) is 0 Å². The lowest BCUT2D eigenvalue weighted by Gasteiger charge is -2.40. The molecular formula is C30H34N2O2S2. The van der Waals surface area contributed by atoms with Crippen molar-refractivity contribution in [2.45, 2.75) is 75.1 Å². The summed E-state index contributed by atoms with van der Waals surface area (Å²) in [6.07, 6.45) is 3.92. The van der Waals surface area contributed by atoms with Crippen molar-refractivity contribution in [1.82, 2.24) is 4.57 Å². The molecule has 2 fully saturated rings. The van der Waals surface area contributed by atoms with Gasteiger partial charge in [-0.1, -0.05) is 74.6 Å². The van der Waals surface area contributed by atoms with Crippen molar-refractivity contribution in [3.8, 4) is 0 Å². The van der Waals surface area contributed by atoms with Crippen molar-refractivity contribution in [3.05, 3.63) is 79.8 Å². The molecule has 2 bridgehead atoms. The maximum atomic E-state index is 13.3. The first-order valence-electron chi connectivity index (χ1n) is 13.1. The van der Waals surface area contributed by atoms with Gasteiger partial charge in [0, 0.05) is 21.7 Å². The fourth-order valence-corrected chi connectivity index (χ4v) is 9.85. The van der Waals surface area contributed by atoms with E-state index in [4.69, 9.17) is 0 Å². The Kier molecular flexibility index (Phi) is 5.95. The summed E-state index contributed by atoms with van der Waals surface area (Å²) in [6.45, 7) is 8.79. The van der Waals surface area contributed by atoms with Gasteiger partial charge in [0.2, 0.25) is 5.91 Å². The summed E-state index contributed by atoms with van der Waals surface area (Å²) < 4.78 is 1.75. The molecular weight excluding hydrogens is 484 g/mol. The van der Waals surface area contributed by atoms with E-state index >= 15 is 0 Å². The third-order valence-corrected chi connectivity index (χ3v) is 11.4. The lowest BCUT2D eigenvalue weighted by molar-refractivity contribution is -0.116. The lowest BCUT2D eigenvalue weighted by atomic mass is 9.74. The van der Waals surface area contributed by atoms with Gasteiger partial charge in [-0.2, -0.15) is 0 Å². The molecule has 36 heavy (non-hydrogen) atoms. The molecule has 4 nitrogen and oxygen atoms in total. The predicted molar refractivity (Wildman–Crippen MR) is 149 cm³/mol. The van der Waals surface area contributed by atoms with Gasteiger partial charge in [0.15, 0.2) is 0 Å². The molecule has 2 aromatic carbocycles. The number of aryl methyl sites for hydroxylation is 1. The summed E-state index contributed by atoms with van der Waals surface area (Å²) in [4.78, 5) is 27.5. The van der Waals surface area contributed by atoms with Crippen LogP contribution in [0.5, 0.6) is 0 Å². The topological polar surface area (TPSA) is 51.1 Å². The van der Waals surface area contributed by atoms with E-state index in [2.05, 4.69) is 50.4 Å². The number of benzene rings is 2. The van der Waals surface area contributed by atoms with Gasteiger partial charge in [-0.3, -0.25) is 14.2 Å². The lowest BCUT2D eigenvalue weighted by Crippen LogP contribution is -2.35. The minimum Gasteiger partial charge on any atom is -0.324 e. The molecule has 1 N–H and O–H groups in total. The normalized spacial score (nSPS) is 26.5. The number of carbonyl (C=O) groups is 1. The minimum atomic E-state index is -0.145. The molecule has 6 rings (SSSR count). The summed E-state index contributed by atoms with van der Waals surface area (Å²) in [7, 11) is 0. The van der Waals surface area contributed by atoms with Crippen molar-refractivity contribution in [2.24, 2.45) is 17.8 Å². The molecule has 0 saturated heterocycles. The van der Waals surface area contributed by atoms with E-state index in [9.17, 15) is 9.59 Å². The number of aromatic nitrogens is 1. The number of nitrogens with zero attached hydrogens (tertiary/aromatic N) is 1. The van der Waals surface area contributed by atoms with Gasteiger partial charge < -0.3 is 5.32 Å². The molecule has 3 aliphatic rings. The van der Waals surface area contributed by atoms with Crippen LogP contribution in [0.15, 0.2) is 58.4 Å². The Bertz CT molecular complexity index is 1360. The van der Waals surface area contributed by atoms with E-state index < -0.39 is 0 Å². The summed E-state index contributed by atoms with van der Waals surface area (Å²) in [5.74, 6) is 2.14. The van der Waals surface area contributed by atoms with Crippen molar-refractivity contribution < 1.29 is 4.79 Å². The van der Waals surface area contributed by atoms with Gasteiger partial charge in [-0.15, -0.1) is 11.8 Å². The van der Waals surface area contributed by atoms with E-state index in [0.717, 1.165) is 28.1 Å². The van der Waals surface area contributed by atoms with E-state index in [0.29, 0.717) is 11.2 Å². The van der Waals surface area contributed by atoms with Crippen LogP contribution in [0.25, 0.3) is 0 Å². The highest BCUT2D eigenvalue weighted by Crippen LogP contribution is 2.64. The molecule has 1 amide bonds. The van der Waals surface area contributed by atoms with E-state index in [1.807, 2.05) is 43.0 Å². The van der Waals surface area contributed by atoms with Crippen LogP contribution in [0.4, 0.5) is 5.69 Å². The summed E-state index contributed by atoms with van der Waals surface area (Å²) in [5, 5.41) is 4.58. The summed E-state index contributed by atoms with van der Waals surface area (Å²) in [5.41, 5.74) is 4.59. The van der Waals surface area contributed by atoms with Crippen LogP contribution in [-0.2, 0) is 16.8 Å². The van der Waals surface area contributed by atoms with Crippen molar-refractivity contribution in [2.75, 3.05) is 5.32 Å². The smallest absolute Gasteiger partial charge is 0.308 e. The minimum absolute atomic E-state index is 0.0175. The van der Waals surface area contributed by atoms with Crippen molar-refractivity contribution >= 4 is 34.7 Å². The Morgan fingerprint density at radius 3 is 2.50 bits per heavy atom. The Morgan fingerprint density at radius 2 is 1.78 bits per heavy atom. The molecule has 3 aromatic rings. The predicted octanol–water partition coefficient (Wildman–Crippen LogP) is 6.81. The molecule has 5 atom stereocenters. The monoisotopic (exact) mass is 518 g/mol. The van der Waals surface area contributed by atoms with Crippen LogP contribution in [0.3, 0.4) is 0 Å². The molecule has 0 spiro atoms. The number of anilines is 1. The molecule has 6 heteroatoms. The van der Waals surface area contributed by atoms with Gasteiger partial charge in [-0.05, 0) is 72.1 Å². The molecule has 188 valence electrons. The Morgan fingerprint density at radius 1 is 1.06 bits per heavy atom. The number of para-hydroxylation sites is 1. The number of amides is 1. The number of rotatable bonds is 4. The number of hydrogen-bond acceptors (Lipinski definition) is 4. The zero-order valence-corrected chi connectivity index (χ0v) is 23.0. The zero-order chi connectivity index (χ0) is 25.2. The van der Waals surface area contributed by atoms with Gasteiger partial charge in [-0.25, -0.2) is 0 Å². The van der Waals surface area contributed by atoms with Gasteiger partial charge in [0.25, 0.3) is 0 Å². The maximum absolute atomic E-state index is 13.3. The van der Waals surface area contributed by atoms with Gasteiger partial charge in [0.05, 0.1) is 5.03 Å². The third kappa shape index (κ3) is 4.06.